The van der Waals surface area contributed by atoms with Crippen molar-refractivity contribution in [2.75, 3.05) is 26.0 Å². The van der Waals surface area contributed by atoms with Crippen LogP contribution in [0.5, 0.6) is 5.75 Å². The van der Waals surface area contributed by atoms with Crippen LogP contribution in [0.4, 0.5) is 5.69 Å². The van der Waals surface area contributed by atoms with Gasteiger partial charge in [-0.05, 0) is 31.6 Å². The molecule has 0 saturated heterocycles. The number of phenolic OH excluding ortho intramolecular Hbond substituents is 1. The number of aromatic nitrogens is 2. The van der Waals surface area contributed by atoms with Gasteiger partial charge in [0.1, 0.15) is 22.9 Å². The number of aliphatic hydroxyl groups excluding tert-OH is 3. The van der Waals surface area contributed by atoms with Gasteiger partial charge in [0.15, 0.2) is 17.1 Å². The third kappa shape index (κ3) is 4.39. The van der Waals surface area contributed by atoms with E-state index >= 15 is 0 Å². The molecule has 228 valence electrons. The summed E-state index contributed by atoms with van der Waals surface area (Å²) < 4.78 is 0. The number of hydrogen-bond donors (Lipinski definition) is 9. The number of aromatic amines is 1. The van der Waals surface area contributed by atoms with Gasteiger partial charge in [-0.2, -0.15) is 0 Å². The van der Waals surface area contributed by atoms with Crippen molar-refractivity contribution in [3.8, 4) is 5.75 Å². The molecule has 43 heavy (non-hydrogen) atoms. The molecule has 0 fully saturated rings. The number of nitrogens with zero attached hydrogens (tertiary/aromatic N) is 2. The van der Waals surface area contributed by atoms with E-state index in [0.29, 0.717) is 5.82 Å². The minimum absolute atomic E-state index is 0.110. The summed E-state index contributed by atoms with van der Waals surface area (Å²) in [7, 11) is 2.92. The van der Waals surface area contributed by atoms with Crippen LogP contribution in [0, 0.1) is 11.8 Å². The molecule has 5 rings (SSSR count). The van der Waals surface area contributed by atoms with Gasteiger partial charge in [-0.3, -0.25) is 24.1 Å². The number of anilines is 1. The summed E-state index contributed by atoms with van der Waals surface area (Å²) in [4.78, 5) is 60.3. The molecule has 4 unspecified atom stereocenters. The van der Waals surface area contributed by atoms with Crippen LogP contribution in [0.1, 0.15) is 34.6 Å². The van der Waals surface area contributed by atoms with Gasteiger partial charge in [0.2, 0.25) is 11.7 Å². The Hall–Kier alpha value is -4.57. The SMILES string of the molecule is CC1c2ccc(NC(=O)CNCc3ncc[nH]3)c(O)c2C(=O)C2=C(O)[C@]3(O)C(=O)C(C(N)=O)=C(O)[C@@H](N(C)C)C3C(O)C21. The van der Waals surface area contributed by atoms with Crippen LogP contribution in [0.2, 0.25) is 0 Å². The highest BCUT2D eigenvalue weighted by Crippen LogP contribution is 2.56. The number of fused-ring (bicyclic) bond motifs is 3. The lowest BCUT2D eigenvalue weighted by Gasteiger charge is -2.53. The number of amides is 2. The van der Waals surface area contributed by atoms with Crippen LogP contribution in [0.25, 0.3) is 0 Å². The van der Waals surface area contributed by atoms with Crippen molar-refractivity contribution >= 4 is 29.1 Å². The van der Waals surface area contributed by atoms with Crippen molar-refractivity contribution in [3.05, 3.63) is 64.1 Å². The summed E-state index contributed by atoms with van der Waals surface area (Å²) in [6, 6.07) is 1.53. The Kier molecular flexibility index (Phi) is 7.38. The van der Waals surface area contributed by atoms with E-state index in [1.165, 1.54) is 31.1 Å². The van der Waals surface area contributed by atoms with E-state index in [4.69, 9.17) is 5.73 Å². The van der Waals surface area contributed by atoms with Crippen LogP contribution >= 0.6 is 0 Å². The molecule has 1 aromatic carbocycles. The van der Waals surface area contributed by atoms with Gasteiger partial charge >= 0.3 is 0 Å². The number of primary amides is 1. The van der Waals surface area contributed by atoms with E-state index < -0.39 is 87.3 Å². The Labute approximate surface area is 244 Å². The summed E-state index contributed by atoms with van der Waals surface area (Å²) in [6.45, 7) is 1.73. The molecular formula is C28H32N6O9. The van der Waals surface area contributed by atoms with Crippen molar-refractivity contribution in [3.63, 3.8) is 0 Å². The number of phenols is 1. The second kappa shape index (κ2) is 10.6. The number of nitrogens with two attached hydrogens (primary N) is 1. The molecule has 0 spiro atoms. The molecule has 1 heterocycles. The molecule has 0 bridgehead atoms. The zero-order chi connectivity index (χ0) is 31.5. The lowest BCUT2D eigenvalue weighted by molar-refractivity contribution is -0.162. The third-order valence-electron chi connectivity index (χ3n) is 8.54. The number of likely N-dealkylation sites (N-methyl/N-ethyl adjacent to an activating group) is 1. The van der Waals surface area contributed by atoms with Gasteiger partial charge in [0.05, 0.1) is 42.4 Å². The van der Waals surface area contributed by atoms with Crippen LogP contribution < -0.4 is 16.4 Å². The number of carbonyl (C=O) groups is 4. The van der Waals surface area contributed by atoms with Crippen LogP contribution in [0.3, 0.4) is 0 Å². The number of ketones is 2. The number of rotatable bonds is 7. The number of aromatic hydroxyl groups is 1. The second-order valence-electron chi connectivity index (χ2n) is 11.2. The fourth-order valence-electron chi connectivity index (χ4n) is 6.61. The fourth-order valence-corrected chi connectivity index (χ4v) is 6.61. The maximum Gasteiger partial charge on any atom is 0.255 e. The number of imidazole rings is 1. The fraction of sp³-hybridized carbons (Fsp3) is 0.393. The Morgan fingerprint density at radius 3 is 2.49 bits per heavy atom. The number of nitrogens with one attached hydrogen (secondary N) is 3. The van der Waals surface area contributed by atoms with E-state index in [2.05, 4.69) is 20.6 Å². The van der Waals surface area contributed by atoms with Gasteiger partial charge in [0.25, 0.3) is 5.91 Å². The first-order valence-electron chi connectivity index (χ1n) is 13.4. The maximum absolute atomic E-state index is 13.9. The third-order valence-corrected chi connectivity index (χ3v) is 8.54. The molecular weight excluding hydrogens is 564 g/mol. The summed E-state index contributed by atoms with van der Waals surface area (Å²) in [5.74, 6) is -9.86. The van der Waals surface area contributed by atoms with Gasteiger partial charge in [0, 0.05) is 23.9 Å². The number of hydrogen-bond acceptors (Lipinski definition) is 12. The van der Waals surface area contributed by atoms with E-state index in [1.54, 1.807) is 19.3 Å². The first kappa shape index (κ1) is 29.9. The Bertz CT molecular complexity index is 1600. The highest BCUT2D eigenvalue weighted by atomic mass is 16.4. The molecule has 15 heteroatoms. The number of Topliss-reactive ketones (excluding diaryl/α,β-unsaturated/α-hetero) is 2. The van der Waals surface area contributed by atoms with Gasteiger partial charge in [-0.1, -0.05) is 13.0 Å². The lowest BCUT2D eigenvalue weighted by atomic mass is 9.55. The Morgan fingerprint density at radius 2 is 1.88 bits per heavy atom. The standard InChI is InChI=1S/C28H32N6O9/c1-10-11-4-5-12(33-14(35)9-30-8-13-31-6-7-32-13)21(36)16(11)22(37)17-15(10)23(38)19-20(34(2)3)24(39)18(27(29)42)26(41)28(19,43)25(17)40/h4-7,10,15,19-20,23,30,36,38-40,43H,8-9H2,1-3H3,(H2,29,42)(H,31,32)(H,33,35)/t10?,15?,19?,20-,23?,28-/m0/s1. The number of carbonyl (C=O) groups excluding carboxylic acids is 4. The van der Waals surface area contributed by atoms with Gasteiger partial charge in [-0.15, -0.1) is 0 Å². The second-order valence-corrected chi connectivity index (χ2v) is 11.2. The minimum Gasteiger partial charge on any atom is -0.510 e. The summed E-state index contributed by atoms with van der Waals surface area (Å²) in [6.07, 6.45) is 1.49. The lowest BCUT2D eigenvalue weighted by Crippen LogP contribution is -2.68. The van der Waals surface area contributed by atoms with Gasteiger partial charge in [-0.25, -0.2) is 4.98 Å². The number of H-pyrrole nitrogens is 1. The van der Waals surface area contributed by atoms with Crippen molar-refractivity contribution in [1.29, 1.82) is 0 Å². The largest absolute Gasteiger partial charge is 0.510 e. The molecule has 15 nitrogen and oxygen atoms in total. The molecule has 3 aliphatic rings. The van der Waals surface area contributed by atoms with E-state index in [0.717, 1.165) is 0 Å². The van der Waals surface area contributed by atoms with Crippen LogP contribution in [-0.4, -0.2) is 102 Å². The molecule has 1 aromatic heterocycles. The van der Waals surface area contributed by atoms with Crippen molar-refractivity contribution in [2.24, 2.45) is 17.6 Å². The van der Waals surface area contributed by atoms with E-state index in [-0.39, 0.29) is 29.9 Å². The maximum atomic E-state index is 13.9. The molecule has 6 atom stereocenters. The van der Waals surface area contributed by atoms with E-state index in [9.17, 15) is 44.7 Å². The summed E-state index contributed by atoms with van der Waals surface area (Å²) >= 11 is 0. The monoisotopic (exact) mass is 596 g/mol. The first-order chi connectivity index (χ1) is 20.2. The summed E-state index contributed by atoms with van der Waals surface area (Å²) in [5.41, 5.74) is 0.681. The predicted molar refractivity (Wildman–Crippen MR) is 149 cm³/mol. The van der Waals surface area contributed by atoms with Crippen molar-refractivity contribution in [2.45, 2.75) is 37.1 Å². The van der Waals surface area contributed by atoms with Gasteiger partial charge < -0.3 is 46.9 Å². The van der Waals surface area contributed by atoms with Crippen molar-refractivity contribution in [1.82, 2.24) is 20.2 Å². The number of benzene rings is 1. The number of aliphatic hydroxyl groups is 4. The summed E-state index contributed by atoms with van der Waals surface area (Å²) in [5, 5.41) is 62.2. The molecule has 0 saturated carbocycles. The normalized spacial score (nSPS) is 28.5. The average Bonchev–Trinajstić information content (AvgIpc) is 3.45. The zero-order valence-electron chi connectivity index (χ0n) is 23.5. The highest BCUT2D eigenvalue weighted by Gasteiger charge is 2.67. The van der Waals surface area contributed by atoms with Crippen LogP contribution in [0.15, 0.2) is 47.2 Å². The minimum atomic E-state index is -3.01. The predicted octanol–water partition coefficient (Wildman–Crippen LogP) is -0.896. The quantitative estimate of drug-likeness (QED) is 0.139. The Morgan fingerprint density at radius 1 is 1.19 bits per heavy atom. The molecule has 2 amide bonds. The average molecular weight is 597 g/mol. The molecule has 10 N–H and O–H groups in total. The van der Waals surface area contributed by atoms with E-state index in [1.807, 2.05) is 0 Å². The highest BCUT2D eigenvalue weighted by molar-refractivity contribution is 6.25. The Balaban J connectivity index is 1.55. The first-order valence-corrected chi connectivity index (χ1v) is 13.4. The smallest absolute Gasteiger partial charge is 0.255 e. The topological polar surface area (TPSA) is 251 Å². The zero-order valence-corrected chi connectivity index (χ0v) is 23.5. The molecule has 2 aromatic rings. The molecule has 3 aliphatic carbocycles. The molecule has 0 radical (unpaired) electrons. The van der Waals surface area contributed by atoms with Crippen LogP contribution in [-0.2, 0) is 20.9 Å². The van der Waals surface area contributed by atoms with Crippen molar-refractivity contribution < 1.29 is 44.7 Å². The molecule has 0 aliphatic heterocycles.